The number of hydrogen-bond donors (Lipinski definition) is 1. The molecular weight excluding hydrogens is 364 g/mol. The third-order valence-corrected chi connectivity index (χ3v) is 4.26. The molecule has 1 N–H and O–H groups in total. The molecule has 0 aliphatic heterocycles. The quantitative estimate of drug-likeness (QED) is 0.659. The van der Waals surface area contributed by atoms with Crippen molar-refractivity contribution in [3.63, 3.8) is 0 Å². The molecule has 0 atom stereocenters. The molecular formula is C20H21ClN4O2. The molecule has 0 aliphatic rings. The van der Waals surface area contributed by atoms with Crippen molar-refractivity contribution in [3.8, 4) is 23.3 Å². The van der Waals surface area contributed by atoms with Crippen molar-refractivity contribution in [1.29, 1.82) is 5.26 Å². The number of benzene rings is 2. The summed E-state index contributed by atoms with van der Waals surface area (Å²) in [5.74, 6) is 1.32. The maximum atomic E-state index is 8.75. The first-order valence-corrected chi connectivity index (χ1v) is 8.82. The van der Waals surface area contributed by atoms with Gasteiger partial charge in [0.25, 0.3) is 0 Å². The second-order valence-electron chi connectivity index (χ2n) is 5.61. The number of rotatable bonds is 5. The Bertz CT molecular complexity index is 888. The zero-order valence-electron chi connectivity index (χ0n) is 15.5. The number of anilines is 1. The smallest absolute Gasteiger partial charge is 0.247 e. The number of halogens is 1. The highest BCUT2D eigenvalue weighted by Gasteiger charge is 2.06. The van der Waals surface area contributed by atoms with Crippen LogP contribution in [-0.4, -0.2) is 23.9 Å². The number of hydrogen-bond acceptors (Lipinski definition) is 6. The molecule has 0 unspecified atom stereocenters. The van der Waals surface area contributed by atoms with Crippen LogP contribution in [-0.2, 0) is 0 Å². The van der Waals surface area contributed by atoms with E-state index in [9.17, 15) is 0 Å². The van der Waals surface area contributed by atoms with E-state index in [0.29, 0.717) is 16.5 Å². The van der Waals surface area contributed by atoms with Crippen LogP contribution in [0.2, 0.25) is 5.02 Å². The van der Waals surface area contributed by atoms with E-state index in [-0.39, 0.29) is 0 Å². The van der Waals surface area contributed by atoms with Gasteiger partial charge in [0.05, 0.1) is 17.7 Å². The summed E-state index contributed by atoms with van der Waals surface area (Å²) < 4.78 is 10.0. The average molecular weight is 385 g/mol. The van der Waals surface area contributed by atoms with E-state index >= 15 is 0 Å². The first kappa shape index (κ1) is 20.3. The molecule has 3 aromatic rings. The molecule has 7 heteroatoms. The third kappa shape index (κ3) is 5.47. The molecule has 2 aromatic carbocycles. The fraction of sp³-hybridized carbons (Fsp3) is 0.250. The van der Waals surface area contributed by atoms with E-state index in [1.54, 1.807) is 13.2 Å². The minimum Gasteiger partial charge on any atom is -0.497 e. The highest BCUT2D eigenvalue weighted by molar-refractivity contribution is 6.32. The van der Waals surface area contributed by atoms with Gasteiger partial charge in [-0.3, -0.25) is 0 Å². The van der Waals surface area contributed by atoms with Crippen molar-refractivity contribution < 1.29 is 9.15 Å². The topological polar surface area (TPSA) is 84.0 Å². The van der Waals surface area contributed by atoms with Crippen LogP contribution in [0.25, 0.3) is 11.5 Å². The molecule has 0 bridgehead atoms. The maximum absolute atomic E-state index is 8.75. The molecule has 1 heterocycles. The Morgan fingerprint density at radius 3 is 2.52 bits per heavy atom. The van der Waals surface area contributed by atoms with Crippen molar-refractivity contribution in [2.24, 2.45) is 0 Å². The summed E-state index contributed by atoms with van der Waals surface area (Å²) in [6.45, 7) is 4.94. The first-order chi connectivity index (χ1) is 13.1. The van der Waals surface area contributed by atoms with Crippen LogP contribution in [0, 0.1) is 18.3 Å². The minimum atomic E-state index is 0.516. The molecule has 0 fully saturated rings. The van der Waals surface area contributed by atoms with Gasteiger partial charge in [0, 0.05) is 17.8 Å². The highest BCUT2D eigenvalue weighted by Crippen LogP contribution is 2.26. The number of aromatic nitrogens is 2. The molecule has 6 nitrogen and oxygen atoms in total. The van der Waals surface area contributed by atoms with Crippen LogP contribution in [0.1, 0.15) is 24.5 Å². The number of nitriles is 1. The van der Waals surface area contributed by atoms with Gasteiger partial charge in [0.1, 0.15) is 11.8 Å². The molecule has 27 heavy (non-hydrogen) atoms. The normalized spacial score (nSPS) is 9.74. The average Bonchev–Trinajstić information content (AvgIpc) is 3.25. The predicted octanol–water partition coefficient (Wildman–Crippen LogP) is 5.09. The summed E-state index contributed by atoms with van der Waals surface area (Å²) in [5.41, 5.74) is 3.37. The standard InChI is InChI=1S/C11H13ClN2.C9H8N2O2/c1-3-6-14-10-5-4-9(7-13)11(12)8(10)2;1-12-8-4-2-7(3-5-8)9-11-10-6-13-9/h4-5,14H,3,6H2,1-2H3;2-6H,1H3. The number of methoxy groups -OCH3 is 1. The molecule has 0 saturated carbocycles. The van der Waals surface area contributed by atoms with Gasteiger partial charge in [-0.1, -0.05) is 18.5 Å². The van der Waals surface area contributed by atoms with E-state index in [2.05, 4.69) is 28.5 Å². The Hall–Kier alpha value is -3.04. The summed E-state index contributed by atoms with van der Waals surface area (Å²) in [6, 6.07) is 13.1. The summed E-state index contributed by atoms with van der Waals surface area (Å²) in [4.78, 5) is 0. The lowest BCUT2D eigenvalue weighted by Gasteiger charge is -2.10. The van der Waals surface area contributed by atoms with E-state index in [4.69, 9.17) is 26.0 Å². The van der Waals surface area contributed by atoms with Crippen molar-refractivity contribution in [3.05, 3.63) is 58.9 Å². The number of nitrogens with zero attached hydrogens (tertiary/aromatic N) is 3. The Morgan fingerprint density at radius 2 is 1.96 bits per heavy atom. The minimum absolute atomic E-state index is 0.516. The van der Waals surface area contributed by atoms with Crippen molar-refractivity contribution in [2.45, 2.75) is 20.3 Å². The molecule has 3 rings (SSSR count). The zero-order chi connectivity index (χ0) is 19.6. The van der Waals surface area contributed by atoms with Gasteiger partial charge in [-0.2, -0.15) is 5.26 Å². The molecule has 1 aromatic heterocycles. The van der Waals surface area contributed by atoms with Crippen molar-refractivity contribution >= 4 is 17.3 Å². The van der Waals surface area contributed by atoms with Gasteiger partial charge in [-0.25, -0.2) is 0 Å². The summed E-state index contributed by atoms with van der Waals surface area (Å²) in [7, 11) is 1.63. The second kappa shape index (κ2) is 10.2. The van der Waals surface area contributed by atoms with Crippen LogP contribution >= 0.6 is 11.6 Å². The lowest BCUT2D eigenvalue weighted by molar-refractivity contribution is 0.415. The van der Waals surface area contributed by atoms with Crippen LogP contribution in [0.15, 0.2) is 47.2 Å². The van der Waals surface area contributed by atoms with Gasteiger partial charge in [0.2, 0.25) is 12.3 Å². The van der Waals surface area contributed by atoms with Gasteiger partial charge < -0.3 is 14.5 Å². The molecule has 0 amide bonds. The van der Waals surface area contributed by atoms with E-state index in [1.807, 2.05) is 37.3 Å². The molecule has 0 radical (unpaired) electrons. The van der Waals surface area contributed by atoms with Gasteiger partial charge in [-0.05, 0) is 55.3 Å². The van der Waals surface area contributed by atoms with Crippen LogP contribution in [0.3, 0.4) is 0 Å². The monoisotopic (exact) mass is 384 g/mol. The van der Waals surface area contributed by atoms with Crippen molar-refractivity contribution in [1.82, 2.24) is 10.2 Å². The zero-order valence-corrected chi connectivity index (χ0v) is 16.2. The molecule has 140 valence electrons. The number of nitrogens with one attached hydrogen (secondary N) is 1. The Morgan fingerprint density at radius 1 is 1.22 bits per heavy atom. The summed E-state index contributed by atoms with van der Waals surface area (Å²) in [6.07, 6.45) is 2.37. The molecule has 0 aliphatic carbocycles. The third-order valence-electron chi connectivity index (χ3n) is 3.77. The molecule has 0 spiro atoms. The van der Waals surface area contributed by atoms with Gasteiger partial charge in [0.15, 0.2) is 0 Å². The number of ether oxygens (including phenoxy) is 1. The Balaban J connectivity index is 0.000000194. The summed E-state index contributed by atoms with van der Waals surface area (Å²) in [5, 5.41) is 19.9. The van der Waals surface area contributed by atoms with Gasteiger partial charge >= 0.3 is 0 Å². The largest absolute Gasteiger partial charge is 0.497 e. The van der Waals surface area contributed by atoms with Crippen LogP contribution in [0.5, 0.6) is 5.75 Å². The van der Waals surface area contributed by atoms with Crippen LogP contribution < -0.4 is 10.1 Å². The molecule has 0 saturated heterocycles. The lowest BCUT2D eigenvalue weighted by Crippen LogP contribution is -2.02. The summed E-state index contributed by atoms with van der Waals surface area (Å²) >= 11 is 6.01. The fourth-order valence-electron chi connectivity index (χ4n) is 2.26. The Kier molecular flexibility index (Phi) is 7.65. The second-order valence-corrected chi connectivity index (χ2v) is 5.99. The van der Waals surface area contributed by atoms with E-state index < -0.39 is 0 Å². The predicted molar refractivity (Wildman–Crippen MR) is 106 cm³/mol. The Labute approximate surface area is 163 Å². The van der Waals surface area contributed by atoms with E-state index in [1.165, 1.54) is 6.39 Å². The highest BCUT2D eigenvalue weighted by atomic mass is 35.5. The fourth-order valence-corrected chi connectivity index (χ4v) is 2.46. The van der Waals surface area contributed by atoms with Crippen molar-refractivity contribution in [2.75, 3.05) is 19.0 Å². The lowest BCUT2D eigenvalue weighted by atomic mass is 10.1. The van der Waals surface area contributed by atoms with Crippen LogP contribution in [0.4, 0.5) is 5.69 Å². The van der Waals surface area contributed by atoms with Gasteiger partial charge in [-0.15, -0.1) is 10.2 Å². The van der Waals surface area contributed by atoms with E-state index in [0.717, 1.165) is 35.5 Å². The SMILES string of the molecule is CCCNc1ccc(C#N)c(Cl)c1C.COc1ccc(-c2nnco2)cc1. The first-order valence-electron chi connectivity index (χ1n) is 8.44. The maximum Gasteiger partial charge on any atom is 0.247 e.